The van der Waals surface area contributed by atoms with E-state index < -0.39 is 5.60 Å². The highest BCUT2D eigenvalue weighted by Crippen LogP contribution is 2.36. The number of aryl methyl sites for hydroxylation is 2. The van der Waals surface area contributed by atoms with Crippen LogP contribution in [0.15, 0.2) is 55.2 Å². The highest BCUT2D eigenvalue weighted by molar-refractivity contribution is 6.14. The third-order valence-electron chi connectivity index (χ3n) is 8.86. The number of aromatic nitrogens is 6. The van der Waals surface area contributed by atoms with E-state index in [2.05, 4.69) is 30.6 Å². The molecule has 13 nitrogen and oxygen atoms in total. The van der Waals surface area contributed by atoms with E-state index in [0.717, 1.165) is 66.3 Å². The maximum atomic E-state index is 13.8. The van der Waals surface area contributed by atoms with Crippen molar-refractivity contribution in [2.24, 2.45) is 14.1 Å². The molecule has 0 bridgehead atoms. The van der Waals surface area contributed by atoms with E-state index in [1.54, 1.807) is 21.6 Å². The lowest BCUT2D eigenvalue weighted by Crippen LogP contribution is -2.50. The number of carbonyl (C=O) groups is 2. The molecule has 5 aromatic rings. The first-order valence-corrected chi connectivity index (χ1v) is 16.5. The number of nitrogens with one attached hydrogen (secondary N) is 2. The summed E-state index contributed by atoms with van der Waals surface area (Å²) in [7, 11) is 3.76. The molecule has 13 heteroatoms. The smallest absolute Gasteiger partial charge is 0.410 e. The van der Waals surface area contributed by atoms with E-state index >= 15 is 0 Å². The second-order valence-corrected chi connectivity index (χ2v) is 13.8. The maximum absolute atomic E-state index is 13.8. The molecule has 1 saturated heterocycles. The molecule has 0 spiro atoms. The van der Waals surface area contributed by atoms with Gasteiger partial charge in [0.1, 0.15) is 23.3 Å². The minimum absolute atomic E-state index is 0.149. The summed E-state index contributed by atoms with van der Waals surface area (Å²) in [5.74, 6) is 0.466. The first-order valence-electron chi connectivity index (χ1n) is 16.5. The van der Waals surface area contributed by atoms with Crippen LogP contribution in [0.1, 0.15) is 62.4 Å². The number of fused-ring (bicyclic) bond motifs is 2. The Kier molecular flexibility index (Phi) is 8.14. The first kappa shape index (κ1) is 31.4. The van der Waals surface area contributed by atoms with Crippen molar-refractivity contribution >= 4 is 51.0 Å². The van der Waals surface area contributed by atoms with E-state index in [1.807, 2.05) is 76.4 Å². The number of piperidine rings is 1. The molecular formula is C35H42N10O3. The quantitative estimate of drug-likeness (QED) is 0.224. The van der Waals surface area contributed by atoms with Crippen molar-refractivity contribution in [3.05, 3.63) is 66.4 Å². The number of anilines is 3. The zero-order chi connectivity index (χ0) is 33.6. The molecule has 2 N–H and O–H groups in total. The Balaban J connectivity index is 1.09. The van der Waals surface area contributed by atoms with E-state index in [1.165, 1.54) is 6.33 Å². The topological polar surface area (TPSA) is 135 Å². The van der Waals surface area contributed by atoms with E-state index in [4.69, 9.17) is 9.84 Å². The van der Waals surface area contributed by atoms with E-state index in [9.17, 15) is 9.59 Å². The van der Waals surface area contributed by atoms with Crippen molar-refractivity contribution in [2.45, 2.75) is 70.7 Å². The number of benzene rings is 2. The van der Waals surface area contributed by atoms with Crippen molar-refractivity contribution in [2.75, 3.05) is 28.6 Å². The van der Waals surface area contributed by atoms with Gasteiger partial charge in [0.2, 0.25) is 0 Å². The van der Waals surface area contributed by atoms with Crippen molar-refractivity contribution in [3.8, 4) is 0 Å². The summed E-state index contributed by atoms with van der Waals surface area (Å²) < 4.78 is 9.30. The Hall–Kier alpha value is -5.20. The molecular weight excluding hydrogens is 608 g/mol. The summed E-state index contributed by atoms with van der Waals surface area (Å²) in [6, 6.07) is 10.00. The summed E-state index contributed by atoms with van der Waals surface area (Å²) in [4.78, 5) is 39.5. The molecule has 1 aliphatic heterocycles. The molecule has 48 heavy (non-hydrogen) atoms. The lowest BCUT2D eigenvalue weighted by Gasteiger charge is -2.40. The summed E-state index contributed by atoms with van der Waals surface area (Å²) in [5, 5.41) is 17.6. The second-order valence-electron chi connectivity index (χ2n) is 13.8. The van der Waals surface area contributed by atoms with Gasteiger partial charge in [-0.25, -0.2) is 14.8 Å². The van der Waals surface area contributed by atoms with E-state index in [0.29, 0.717) is 29.1 Å². The van der Waals surface area contributed by atoms with E-state index in [-0.39, 0.29) is 24.1 Å². The van der Waals surface area contributed by atoms with Crippen LogP contribution in [0, 0.1) is 0 Å². The molecule has 2 fully saturated rings. The van der Waals surface area contributed by atoms with Gasteiger partial charge in [0, 0.05) is 92.1 Å². The van der Waals surface area contributed by atoms with Gasteiger partial charge in [-0.3, -0.25) is 14.2 Å². The summed E-state index contributed by atoms with van der Waals surface area (Å²) in [6.07, 6.45) is 10.7. The molecule has 250 valence electrons. The van der Waals surface area contributed by atoms with Crippen molar-refractivity contribution in [1.29, 1.82) is 0 Å². The number of carbonyl (C=O) groups excluding carboxylic acids is 2. The van der Waals surface area contributed by atoms with Crippen LogP contribution in [0.3, 0.4) is 0 Å². The molecule has 0 atom stereocenters. The maximum Gasteiger partial charge on any atom is 0.410 e. The number of rotatable bonds is 8. The molecule has 1 saturated carbocycles. The third kappa shape index (κ3) is 6.62. The van der Waals surface area contributed by atoms with Crippen LogP contribution in [0.5, 0.6) is 0 Å². The third-order valence-corrected chi connectivity index (χ3v) is 8.86. The van der Waals surface area contributed by atoms with Gasteiger partial charge in [-0.1, -0.05) is 0 Å². The number of amides is 2. The van der Waals surface area contributed by atoms with Crippen LogP contribution in [0.4, 0.5) is 22.0 Å². The number of ether oxygens (including phenoxy) is 1. The van der Waals surface area contributed by atoms with Gasteiger partial charge in [0.05, 0.1) is 11.1 Å². The fourth-order valence-electron chi connectivity index (χ4n) is 6.63. The average molecular weight is 651 g/mol. The molecule has 2 aliphatic rings. The van der Waals surface area contributed by atoms with Gasteiger partial charge in [-0.2, -0.15) is 10.2 Å². The Bertz CT molecular complexity index is 1970. The van der Waals surface area contributed by atoms with Gasteiger partial charge < -0.3 is 25.2 Å². The monoisotopic (exact) mass is 650 g/mol. The largest absolute Gasteiger partial charge is 0.444 e. The summed E-state index contributed by atoms with van der Waals surface area (Å²) >= 11 is 0. The van der Waals surface area contributed by atoms with Crippen LogP contribution in [0.25, 0.3) is 21.8 Å². The number of hydrogen-bond donors (Lipinski definition) is 2. The molecule has 7 rings (SSSR count). The highest BCUT2D eigenvalue weighted by Gasteiger charge is 2.41. The van der Waals surface area contributed by atoms with Gasteiger partial charge in [-0.05, 0) is 76.8 Å². The molecule has 2 amide bonds. The Labute approximate surface area is 279 Å². The minimum Gasteiger partial charge on any atom is -0.444 e. The molecule has 2 aromatic carbocycles. The summed E-state index contributed by atoms with van der Waals surface area (Å²) in [6.45, 7) is 7.81. The Morgan fingerprint density at radius 1 is 0.958 bits per heavy atom. The number of nitrogens with zero attached hydrogens (tertiary/aromatic N) is 8. The zero-order valence-corrected chi connectivity index (χ0v) is 28.1. The summed E-state index contributed by atoms with van der Waals surface area (Å²) in [5.41, 5.74) is 4.11. The van der Waals surface area contributed by atoms with Crippen LogP contribution in [-0.2, 0) is 25.4 Å². The zero-order valence-electron chi connectivity index (χ0n) is 28.1. The lowest BCUT2D eigenvalue weighted by atomic mass is 10.0. The number of hydrogen-bond acceptors (Lipinski definition) is 9. The van der Waals surface area contributed by atoms with Gasteiger partial charge in [0.15, 0.2) is 0 Å². The predicted molar refractivity (Wildman–Crippen MR) is 185 cm³/mol. The SMILES string of the molecule is Cn1cc2cc(NC(=O)c3ccc(N4CCC(N(C(=O)OC(C)(C)C)C5CC5)CC4)c4cn(C)nc34)cc(CNc3ccncn3)c2n1. The predicted octanol–water partition coefficient (Wildman–Crippen LogP) is 5.48. The van der Waals surface area contributed by atoms with Gasteiger partial charge >= 0.3 is 6.09 Å². The standard InChI is InChI=1S/C35H42N10O3/c1-35(2,3)48-34(47)45(25-6-7-25)26-11-14-44(15-12-26)29-9-8-27(32-28(29)20-43(5)41-32)33(46)39-24-16-22(18-37-30-10-13-36-21-38-30)31-23(17-24)19-42(4)40-31/h8-10,13,16-17,19-21,25-26H,6-7,11-12,14-15,18H2,1-5H3,(H,39,46)(H,36,37,38). The second kappa shape index (κ2) is 12.4. The highest BCUT2D eigenvalue weighted by atomic mass is 16.6. The van der Waals surface area contributed by atoms with Crippen LogP contribution >= 0.6 is 0 Å². The average Bonchev–Trinajstić information content (AvgIpc) is 3.67. The fraction of sp³-hybridized carbons (Fsp3) is 0.429. The van der Waals surface area contributed by atoms with Crippen LogP contribution < -0.4 is 15.5 Å². The molecule has 4 heterocycles. The normalized spacial score (nSPS) is 15.6. The fourth-order valence-corrected chi connectivity index (χ4v) is 6.63. The van der Waals surface area contributed by atoms with Crippen LogP contribution in [0.2, 0.25) is 0 Å². The van der Waals surface area contributed by atoms with Gasteiger partial charge in [0.25, 0.3) is 5.91 Å². The lowest BCUT2D eigenvalue weighted by molar-refractivity contribution is 0.0114. The Morgan fingerprint density at radius 3 is 2.40 bits per heavy atom. The van der Waals surface area contributed by atoms with Crippen molar-refractivity contribution in [1.82, 2.24) is 34.4 Å². The Morgan fingerprint density at radius 2 is 1.69 bits per heavy atom. The van der Waals surface area contributed by atoms with Crippen molar-refractivity contribution < 1.29 is 14.3 Å². The van der Waals surface area contributed by atoms with Gasteiger partial charge in [-0.15, -0.1) is 0 Å². The van der Waals surface area contributed by atoms with Crippen LogP contribution in [-0.4, -0.2) is 77.2 Å². The minimum atomic E-state index is -0.520. The molecule has 0 unspecified atom stereocenters. The first-order chi connectivity index (χ1) is 23.0. The molecule has 0 radical (unpaired) electrons. The molecule has 1 aliphatic carbocycles. The molecule has 3 aromatic heterocycles. The van der Waals surface area contributed by atoms with Crippen molar-refractivity contribution in [3.63, 3.8) is 0 Å².